The van der Waals surface area contributed by atoms with E-state index in [4.69, 9.17) is 38.3 Å². The molecule has 0 aromatic carbocycles. The molecule has 2 aromatic rings. The number of ether oxygens (including phenoxy) is 2. The van der Waals surface area contributed by atoms with E-state index in [0.717, 1.165) is 43.1 Å². The van der Waals surface area contributed by atoms with E-state index in [1.165, 1.54) is 11.8 Å². The number of hydrogen-bond donors (Lipinski definition) is 3. The van der Waals surface area contributed by atoms with Gasteiger partial charge < -0.3 is 31.6 Å². The fourth-order valence-electron chi connectivity index (χ4n) is 4.94. The Morgan fingerprint density at radius 3 is 2.65 bits per heavy atom. The lowest BCUT2D eigenvalue weighted by atomic mass is 9.74. The number of aromatic nitrogens is 3. The van der Waals surface area contributed by atoms with Gasteiger partial charge in [0.05, 0.1) is 36.6 Å². The van der Waals surface area contributed by atoms with Crippen molar-refractivity contribution in [3.63, 3.8) is 0 Å². The predicted molar refractivity (Wildman–Crippen MR) is 120 cm³/mol. The number of nitrogen functional groups attached to an aromatic ring is 2. The minimum atomic E-state index is 0.00688. The van der Waals surface area contributed by atoms with Crippen molar-refractivity contribution < 1.29 is 9.47 Å². The minimum Gasteiger partial charge on any atom is -0.382 e. The van der Waals surface area contributed by atoms with Crippen LogP contribution in [0, 0.1) is 5.41 Å². The summed E-state index contributed by atoms with van der Waals surface area (Å²) in [5.41, 5.74) is 18.7. The van der Waals surface area contributed by atoms with Crippen molar-refractivity contribution in [3.05, 3.63) is 23.5 Å². The molecular weight excluding hydrogens is 438 g/mol. The minimum absolute atomic E-state index is 0.00688. The van der Waals surface area contributed by atoms with Gasteiger partial charge in [-0.2, -0.15) is 0 Å². The molecule has 166 valence electrons. The third-order valence-electron chi connectivity index (χ3n) is 6.68. The van der Waals surface area contributed by atoms with Crippen molar-refractivity contribution in [3.8, 4) is 0 Å². The average Bonchev–Trinajstić information content (AvgIpc) is 3.05. The maximum absolute atomic E-state index is 6.62. The Balaban J connectivity index is 1.27. The highest BCUT2D eigenvalue weighted by molar-refractivity contribution is 7.99. The number of rotatable bonds is 3. The van der Waals surface area contributed by atoms with Crippen LogP contribution in [0.1, 0.15) is 19.3 Å². The number of halogens is 1. The maximum atomic E-state index is 6.62. The number of fused-ring (bicyclic) bond motifs is 1. The Labute approximate surface area is 190 Å². The molecule has 6 N–H and O–H groups in total. The molecule has 5 rings (SSSR count). The smallest absolute Gasteiger partial charge is 0.158 e. The first kappa shape index (κ1) is 21.0. The van der Waals surface area contributed by atoms with Gasteiger partial charge in [0, 0.05) is 30.2 Å². The number of hydrogen-bond acceptors (Lipinski definition) is 10. The summed E-state index contributed by atoms with van der Waals surface area (Å²) < 4.78 is 11.8. The van der Waals surface area contributed by atoms with E-state index < -0.39 is 0 Å². The van der Waals surface area contributed by atoms with Crippen molar-refractivity contribution in [2.24, 2.45) is 11.1 Å². The molecule has 11 heteroatoms. The maximum Gasteiger partial charge on any atom is 0.158 e. The molecule has 1 saturated carbocycles. The molecule has 0 amide bonds. The van der Waals surface area contributed by atoms with Crippen LogP contribution in [0.5, 0.6) is 0 Å². The fraction of sp³-hybridized carbons (Fsp3) is 0.550. The Morgan fingerprint density at radius 2 is 1.90 bits per heavy atom. The Hall–Kier alpha value is -1.85. The summed E-state index contributed by atoms with van der Waals surface area (Å²) in [6, 6.07) is 1.78. The predicted octanol–water partition coefficient (Wildman–Crippen LogP) is 1.94. The van der Waals surface area contributed by atoms with E-state index in [1.54, 1.807) is 18.5 Å². The first-order valence-electron chi connectivity index (χ1n) is 10.4. The average molecular weight is 464 g/mol. The van der Waals surface area contributed by atoms with Crippen LogP contribution in [0.4, 0.5) is 17.5 Å². The SMILES string of the molecule is Nc1nc(N2CCC3(CC2)CC2OCCOC2[C@H]3N)cnc1Sc1ccnc(N)c1Cl. The van der Waals surface area contributed by atoms with Gasteiger partial charge in [0.15, 0.2) is 5.82 Å². The van der Waals surface area contributed by atoms with E-state index in [1.807, 2.05) is 0 Å². The highest BCUT2D eigenvalue weighted by Crippen LogP contribution is 2.48. The molecule has 2 aromatic heterocycles. The molecule has 4 heterocycles. The Morgan fingerprint density at radius 1 is 1.13 bits per heavy atom. The second-order valence-electron chi connectivity index (χ2n) is 8.35. The van der Waals surface area contributed by atoms with Crippen LogP contribution < -0.4 is 22.1 Å². The van der Waals surface area contributed by atoms with Crippen LogP contribution in [-0.4, -0.2) is 59.5 Å². The van der Waals surface area contributed by atoms with Crippen molar-refractivity contribution in [1.29, 1.82) is 0 Å². The number of pyridine rings is 1. The third-order valence-corrected chi connectivity index (χ3v) is 8.26. The molecule has 1 aliphatic carbocycles. The summed E-state index contributed by atoms with van der Waals surface area (Å²) in [5, 5.41) is 0.974. The summed E-state index contributed by atoms with van der Waals surface area (Å²) in [7, 11) is 0. The number of nitrogens with zero attached hydrogens (tertiary/aromatic N) is 4. The van der Waals surface area contributed by atoms with Crippen molar-refractivity contribution in [2.75, 3.05) is 42.7 Å². The zero-order chi connectivity index (χ0) is 21.6. The highest BCUT2D eigenvalue weighted by atomic mass is 35.5. The summed E-state index contributed by atoms with van der Waals surface area (Å²) in [6.07, 6.45) is 6.40. The molecule has 2 aliphatic heterocycles. The van der Waals surface area contributed by atoms with E-state index in [9.17, 15) is 0 Å². The van der Waals surface area contributed by atoms with Crippen molar-refractivity contribution in [1.82, 2.24) is 15.0 Å². The van der Waals surface area contributed by atoms with Gasteiger partial charge >= 0.3 is 0 Å². The molecule has 2 saturated heterocycles. The number of anilines is 3. The van der Waals surface area contributed by atoms with Gasteiger partial charge in [0.25, 0.3) is 0 Å². The summed E-state index contributed by atoms with van der Waals surface area (Å²) >= 11 is 7.56. The second-order valence-corrected chi connectivity index (χ2v) is 9.76. The molecule has 31 heavy (non-hydrogen) atoms. The van der Waals surface area contributed by atoms with Gasteiger partial charge in [0.2, 0.25) is 0 Å². The van der Waals surface area contributed by atoms with Gasteiger partial charge in [0.1, 0.15) is 16.7 Å². The molecule has 3 atom stereocenters. The molecule has 2 unspecified atom stereocenters. The fourth-order valence-corrected chi connectivity index (χ4v) is 5.95. The Bertz CT molecular complexity index is 973. The van der Waals surface area contributed by atoms with Crippen LogP contribution in [0.2, 0.25) is 5.02 Å². The molecule has 3 fully saturated rings. The number of piperidine rings is 1. The topological polar surface area (TPSA) is 138 Å². The third kappa shape index (κ3) is 3.80. The number of nitrogens with two attached hydrogens (primary N) is 3. The zero-order valence-corrected chi connectivity index (χ0v) is 18.6. The van der Waals surface area contributed by atoms with E-state index in [2.05, 4.69) is 19.9 Å². The lowest BCUT2D eigenvalue weighted by Crippen LogP contribution is -2.51. The van der Waals surface area contributed by atoms with Crippen molar-refractivity contribution >= 4 is 40.8 Å². The van der Waals surface area contributed by atoms with Crippen molar-refractivity contribution in [2.45, 2.75) is 47.4 Å². The van der Waals surface area contributed by atoms with Crippen LogP contribution in [-0.2, 0) is 9.47 Å². The van der Waals surface area contributed by atoms with Gasteiger partial charge in [-0.15, -0.1) is 0 Å². The van der Waals surface area contributed by atoms with Crippen LogP contribution in [0.3, 0.4) is 0 Å². The summed E-state index contributed by atoms with van der Waals surface area (Å²) in [5.74, 6) is 1.41. The zero-order valence-electron chi connectivity index (χ0n) is 17.0. The standard InChI is InChI=1S/C20H26ClN7O2S/c21-14-12(1-4-25-17(14)23)31-19-18(24)27-13(10-26-19)28-5-2-20(3-6-28)9-11-15(16(20)22)30-8-7-29-11/h1,4,10-11,15-16H,2-3,5-9,22H2,(H2,23,25)(H2,24,27)/t11?,15?,16-/m1/s1. The van der Waals surface area contributed by atoms with Crippen LogP contribution in [0.25, 0.3) is 0 Å². The molecule has 0 bridgehead atoms. The lowest BCUT2D eigenvalue weighted by molar-refractivity contribution is -0.128. The molecule has 9 nitrogen and oxygen atoms in total. The van der Waals surface area contributed by atoms with E-state index in [0.29, 0.717) is 29.1 Å². The molecule has 1 spiro atoms. The van der Waals surface area contributed by atoms with Crippen LogP contribution >= 0.6 is 23.4 Å². The second kappa shape index (κ2) is 8.25. The van der Waals surface area contributed by atoms with Gasteiger partial charge in [-0.1, -0.05) is 23.4 Å². The summed E-state index contributed by atoms with van der Waals surface area (Å²) in [4.78, 5) is 16.1. The van der Waals surface area contributed by atoms with E-state index in [-0.39, 0.29) is 29.5 Å². The highest BCUT2D eigenvalue weighted by Gasteiger charge is 2.54. The lowest BCUT2D eigenvalue weighted by Gasteiger charge is -2.42. The van der Waals surface area contributed by atoms with E-state index >= 15 is 0 Å². The normalized spacial score (nSPS) is 27.4. The quantitative estimate of drug-likeness (QED) is 0.618. The van der Waals surface area contributed by atoms with Crippen LogP contribution in [0.15, 0.2) is 28.4 Å². The molecular formula is C20H26ClN7O2S. The van der Waals surface area contributed by atoms with Gasteiger partial charge in [-0.05, 0) is 30.7 Å². The molecule has 0 radical (unpaired) electrons. The monoisotopic (exact) mass is 463 g/mol. The first-order valence-corrected chi connectivity index (χ1v) is 11.6. The first-order chi connectivity index (χ1) is 15.0. The Kier molecular flexibility index (Phi) is 5.59. The van der Waals surface area contributed by atoms with Gasteiger partial charge in [-0.3, -0.25) is 0 Å². The summed E-state index contributed by atoms with van der Waals surface area (Å²) in [6.45, 7) is 2.99. The largest absolute Gasteiger partial charge is 0.382 e. The molecule has 3 aliphatic rings. The van der Waals surface area contributed by atoms with Gasteiger partial charge in [-0.25, -0.2) is 15.0 Å².